The zero-order chi connectivity index (χ0) is 12.7. The van der Waals surface area contributed by atoms with Crippen molar-refractivity contribution in [3.05, 3.63) is 29.6 Å². The van der Waals surface area contributed by atoms with Crippen LogP contribution in [-0.2, 0) is 6.54 Å². The number of carboxylic acids is 1. The Morgan fingerprint density at radius 1 is 1.41 bits per heavy atom. The molecule has 0 aliphatic heterocycles. The maximum absolute atomic E-state index is 10.8. The van der Waals surface area contributed by atoms with E-state index in [1.54, 1.807) is 6.07 Å². The van der Waals surface area contributed by atoms with E-state index >= 15 is 0 Å². The molecule has 1 aromatic rings. The number of unbranched alkanes of at least 4 members (excludes halogenated alkanes) is 2. The number of pyridine rings is 1. The molecule has 4 heteroatoms. The molecule has 17 heavy (non-hydrogen) atoms. The number of hydrogen-bond donors (Lipinski definition) is 1. The number of aromatic carboxylic acids is 1. The first-order chi connectivity index (χ1) is 8.13. The van der Waals surface area contributed by atoms with Gasteiger partial charge in [0.1, 0.15) is 5.69 Å². The normalized spacial score (nSPS) is 10.8. The molecule has 4 nitrogen and oxygen atoms in total. The minimum Gasteiger partial charge on any atom is -0.477 e. The summed E-state index contributed by atoms with van der Waals surface area (Å²) < 4.78 is 0. The lowest BCUT2D eigenvalue weighted by Crippen LogP contribution is -2.20. The van der Waals surface area contributed by atoms with Gasteiger partial charge >= 0.3 is 5.97 Å². The van der Waals surface area contributed by atoms with Crippen molar-refractivity contribution < 1.29 is 9.90 Å². The van der Waals surface area contributed by atoms with Crippen LogP contribution in [-0.4, -0.2) is 34.6 Å². The largest absolute Gasteiger partial charge is 0.477 e. The van der Waals surface area contributed by atoms with Gasteiger partial charge in [-0.2, -0.15) is 0 Å². The summed E-state index contributed by atoms with van der Waals surface area (Å²) in [7, 11) is 2.03. The van der Waals surface area contributed by atoms with Crippen LogP contribution in [0.25, 0.3) is 0 Å². The maximum atomic E-state index is 10.8. The van der Waals surface area contributed by atoms with E-state index in [9.17, 15) is 4.79 Å². The van der Waals surface area contributed by atoms with E-state index in [4.69, 9.17) is 5.11 Å². The minimum atomic E-state index is -0.972. The molecule has 1 rings (SSSR count). The molecule has 0 saturated heterocycles. The summed E-state index contributed by atoms with van der Waals surface area (Å²) in [6, 6.07) is 5.12. The average Bonchev–Trinajstić information content (AvgIpc) is 2.29. The van der Waals surface area contributed by atoms with Crippen molar-refractivity contribution in [3.63, 3.8) is 0 Å². The second kappa shape index (κ2) is 7.01. The monoisotopic (exact) mass is 236 g/mol. The lowest BCUT2D eigenvalue weighted by Gasteiger charge is -2.15. The molecule has 1 aromatic heterocycles. The summed E-state index contributed by atoms with van der Waals surface area (Å²) in [5, 5.41) is 8.84. The zero-order valence-corrected chi connectivity index (χ0v) is 10.5. The van der Waals surface area contributed by atoms with E-state index in [1.165, 1.54) is 25.3 Å². The fraction of sp³-hybridized carbons (Fsp3) is 0.538. The molecule has 0 unspecified atom stereocenters. The van der Waals surface area contributed by atoms with Gasteiger partial charge in [0.15, 0.2) is 0 Å². The molecule has 1 heterocycles. The number of aromatic nitrogens is 1. The van der Waals surface area contributed by atoms with E-state index in [-0.39, 0.29) is 5.69 Å². The smallest absolute Gasteiger partial charge is 0.354 e. The SMILES string of the molecule is CCCCCN(C)Cc1cccc(C(=O)O)n1. The minimum absolute atomic E-state index is 0.115. The molecule has 0 atom stereocenters. The highest BCUT2D eigenvalue weighted by Crippen LogP contribution is 2.04. The molecule has 0 aliphatic carbocycles. The van der Waals surface area contributed by atoms with Gasteiger partial charge in [-0.3, -0.25) is 0 Å². The molecule has 0 amide bonds. The van der Waals surface area contributed by atoms with Crippen molar-refractivity contribution in [2.24, 2.45) is 0 Å². The van der Waals surface area contributed by atoms with Gasteiger partial charge in [0, 0.05) is 6.54 Å². The van der Waals surface area contributed by atoms with E-state index in [2.05, 4.69) is 16.8 Å². The number of nitrogens with zero attached hydrogens (tertiary/aromatic N) is 2. The molecule has 0 aliphatic rings. The first-order valence-corrected chi connectivity index (χ1v) is 6.01. The van der Waals surface area contributed by atoms with Crippen molar-refractivity contribution in [3.8, 4) is 0 Å². The summed E-state index contributed by atoms with van der Waals surface area (Å²) in [4.78, 5) is 17.0. The highest BCUT2D eigenvalue weighted by Gasteiger charge is 2.06. The highest BCUT2D eigenvalue weighted by atomic mass is 16.4. The number of rotatable bonds is 7. The van der Waals surface area contributed by atoms with Crippen LogP contribution in [0.15, 0.2) is 18.2 Å². The van der Waals surface area contributed by atoms with Crippen LogP contribution in [0.1, 0.15) is 42.4 Å². The molecular formula is C13H20N2O2. The predicted molar refractivity (Wildman–Crippen MR) is 67.1 cm³/mol. The molecule has 0 radical (unpaired) electrons. The zero-order valence-electron chi connectivity index (χ0n) is 10.5. The number of carbonyl (C=O) groups is 1. The van der Waals surface area contributed by atoms with Gasteiger partial charge in [-0.1, -0.05) is 25.8 Å². The van der Waals surface area contributed by atoms with Crippen molar-refractivity contribution in [1.29, 1.82) is 0 Å². The Balaban J connectivity index is 2.50. The third-order valence-electron chi connectivity index (χ3n) is 2.60. The fourth-order valence-corrected chi connectivity index (χ4v) is 1.67. The fourth-order valence-electron chi connectivity index (χ4n) is 1.67. The summed E-state index contributed by atoms with van der Waals surface area (Å²) in [5.74, 6) is -0.972. The van der Waals surface area contributed by atoms with Gasteiger partial charge < -0.3 is 10.0 Å². The molecule has 1 N–H and O–H groups in total. The molecule has 0 fully saturated rings. The third kappa shape index (κ3) is 4.95. The van der Waals surface area contributed by atoms with Crippen LogP contribution < -0.4 is 0 Å². The second-order valence-electron chi connectivity index (χ2n) is 4.26. The molecule has 0 saturated carbocycles. The first kappa shape index (κ1) is 13.6. The Morgan fingerprint density at radius 3 is 2.82 bits per heavy atom. The Labute approximate surface area is 102 Å². The van der Waals surface area contributed by atoms with Gasteiger partial charge in [0.05, 0.1) is 5.69 Å². The standard InChI is InChI=1S/C13H20N2O2/c1-3-4-5-9-15(2)10-11-7-6-8-12(14-11)13(16)17/h6-8H,3-5,9-10H2,1-2H3,(H,16,17). The van der Waals surface area contributed by atoms with E-state index in [0.717, 1.165) is 12.2 Å². The van der Waals surface area contributed by atoms with Crippen molar-refractivity contribution in [1.82, 2.24) is 9.88 Å². The van der Waals surface area contributed by atoms with Gasteiger partial charge in [-0.15, -0.1) is 0 Å². The Kier molecular flexibility index (Phi) is 5.63. The van der Waals surface area contributed by atoms with Crippen LogP contribution in [0.2, 0.25) is 0 Å². The first-order valence-electron chi connectivity index (χ1n) is 6.01. The van der Waals surface area contributed by atoms with Crippen molar-refractivity contribution in [2.75, 3.05) is 13.6 Å². The molecular weight excluding hydrogens is 216 g/mol. The third-order valence-corrected chi connectivity index (χ3v) is 2.60. The van der Waals surface area contributed by atoms with Crippen molar-refractivity contribution >= 4 is 5.97 Å². The quantitative estimate of drug-likeness (QED) is 0.739. The summed E-state index contributed by atoms with van der Waals surface area (Å²) >= 11 is 0. The van der Waals surface area contributed by atoms with Crippen LogP contribution in [0.3, 0.4) is 0 Å². The molecule has 94 valence electrons. The summed E-state index contributed by atoms with van der Waals surface area (Å²) in [6.45, 7) is 3.90. The number of carboxylic acid groups (broad SMARTS) is 1. The van der Waals surface area contributed by atoms with Crippen LogP contribution in [0, 0.1) is 0 Å². The van der Waals surface area contributed by atoms with Crippen LogP contribution in [0.4, 0.5) is 0 Å². The predicted octanol–water partition coefficient (Wildman–Crippen LogP) is 2.40. The molecule has 0 aromatic carbocycles. The van der Waals surface area contributed by atoms with Crippen LogP contribution in [0.5, 0.6) is 0 Å². The van der Waals surface area contributed by atoms with E-state index < -0.39 is 5.97 Å². The Morgan fingerprint density at radius 2 is 2.18 bits per heavy atom. The second-order valence-corrected chi connectivity index (χ2v) is 4.26. The molecule has 0 spiro atoms. The Hall–Kier alpha value is -1.42. The van der Waals surface area contributed by atoms with E-state index in [0.29, 0.717) is 6.54 Å². The number of hydrogen-bond acceptors (Lipinski definition) is 3. The van der Waals surface area contributed by atoms with E-state index in [1.807, 2.05) is 13.1 Å². The average molecular weight is 236 g/mol. The summed E-state index contributed by atoms with van der Waals surface area (Å²) in [6.07, 6.45) is 3.61. The van der Waals surface area contributed by atoms with Gasteiger partial charge in [-0.25, -0.2) is 9.78 Å². The maximum Gasteiger partial charge on any atom is 0.354 e. The Bertz CT molecular complexity index is 366. The van der Waals surface area contributed by atoms with Gasteiger partial charge in [0.2, 0.25) is 0 Å². The van der Waals surface area contributed by atoms with Crippen LogP contribution >= 0.6 is 0 Å². The topological polar surface area (TPSA) is 53.4 Å². The van der Waals surface area contributed by atoms with Gasteiger partial charge in [-0.05, 0) is 32.1 Å². The molecule has 0 bridgehead atoms. The summed E-state index contributed by atoms with van der Waals surface area (Å²) in [5.41, 5.74) is 0.924. The highest BCUT2D eigenvalue weighted by molar-refractivity contribution is 5.85. The van der Waals surface area contributed by atoms with Gasteiger partial charge in [0.25, 0.3) is 0 Å². The lowest BCUT2D eigenvalue weighted by atomic mass is 10.2. The van der Waals surface area contributed by atoms with Crippen molar-refractivity contribution in [2.45, 2.75) is 32.7 Å². The lowest BCUT2D eigenvalue weighted by molar-refractivity contribution is 0.0690.